The number of hydrogen-bond acceptors (Lipinski definition) is 4. The summed E-state index contributed by atoms with van der Waals surface area (Å²) >= 11 is 0. The van der Waals surface area contributed by atoms with E-state index in [0.29, 0.717) is 11.1 Å². The number of hydrogen-bond donors (Lipinski definition) is 2. The zero-order valence-corrected chi connectivity index (χ0v) is 22.8. The van der Waals surface area contributed by atoms with Crippen LogP contribution < -0.4 is 0 Å². The first-order chi connectivity index (χ1) is 19.6. The van der Waals surface area contributed by atoms with Crippen LogP contribution in [0.1, 0.15) is 36.1 Å². The van der Waals surface area contributed by atoms with Crippen LogP contribution in [0.4, 0.5) is 11.4 Å². The van der Waals surface area contributed by atoms with Crippen molar-refractivity contribution in [3.05, 3.63) is 131 Å². The van der Waals surface area contributed by atoms with Crippen LogP contribution in [0.25, 0.3) is 22.3 Å². The molecular formula is C36H32N2O2. The van der Waals surface area contributed by atoms with Crippen molar-refractivity contribution in [2.24, 2.45) is 9.98 Å². The molecule has 0 aliphatic heterocycles. The van der Waals surface area contributed by atoms with Gasteiger partial charge in [-0.05, 0) is 94.8 Å². The van der Waals surface area contributed by atoms with Crippen LogP contribution in [0.2, 0.25) is 0 Å². The summed E-state index contributed by atoms with van der Waals surface area (Å²) in [5.74, 6) is 0.521. The van der Waals surface area contributed by atoms with E-state index in [9.17, 15) is 10.2 Å². The third-order valence-corrected chi connectivity index (χ3v) is 6.97. The second kappa shape index (κ2) is 12.3. The van der Waals surface area contributed by atoms with Crippen LogP contribution in [0.3, 0.4) is 0 Å². The Kier molecular flexibility index (Phi) is 8.17. The molecule has 5 rings (SSSR count). The summed E-state index contributed by atoms with van der Waals surface area (Å²) in [6, 6.07) is 35.8. The van der Waals surface area contributed by atoms with Crippen molar-refractivity contribution in [1.29, 1.82) is 0 Å². The van der Waals surface area contributed by atoms with Gasteiger partial charge in [-0.15, -0.1) is 0 Å². The topological polar surface area (TPSA) is 65.2 Å². The summed E-state index contributed by atoms with van der Waals surface area (Å²) in [5, 5.41) is 21.6. The van der Waals surface area contributed by atoms with Gasteiger partial charge < -0.3 is 10.2 Å². The van der Waals surface area contributed by atoms with Gasteiger partial charge in [0, 0.05) is 23.6 Å². The van der Waals surface area contributed by atoms with E-state index in [0.717, 1.165) is 57.6 Å². The van der Waals surface area contributed by atoms with Gasteiger partial charge in [-0.2, -0.15) is 0 Å². The maximum absolute atomic E-state index is 10.8. The van der Waals surface area contributed by atoms with Crippen LogP contribution in [-0.4, -0.2) is 22.6 Å². The van der Waals surface area contributed by atoms with Crippen molar-refractivity contribution < 1.29 is 10.2 Å². The summed E-state index contributed by atoms with van der Waals surface area (Å²) in [5.41, 5.74) is 8.94. The molecule has 4 nitrogen and oxygen atoms in total. The Labute approximate surface area is 235 Å². The van der Waals surface area contributed by atoms with E-state index in [1.165, 1.54) is 0 Å². The lowest BCUT2D eigenvalue weighted by atomic mass is 9.98. The first-order valence-electron chi connectivity index (χ1n) is 13.6. The number of aryl methyl sites for hydroxylation is 2. The predicted octanol–water partition coefficient (Wildman–Crippen LogP) is 9.06. The lowest BCUT2D eigenvalue weighted by Gasteiger charge is -2.10. The number of aromatic hydroxyl groups is 2. The number of rotatable bonds is 8. The van der Waals surface area contributed by atoms with Gasteiger partial charge >= 0.3 is 0 Å². The molecule has 0 aliphatic rings. The molecule has 40 heavy (non-hydrogen) atoms. The minimum Gasteiger partial charge on any atom is -0.507 e. The summed E-state index contributed by atoms with van der Waals surface area (Å²) in [7, 11) is 0. The fourth-order valence-electron chi connectivity index (χ4n) is 4.68. The molecule has 0 radical (unpaired) electrons. The zero-order valence-electron chi connectivity index (χ0n) is 22.8. The van der Waals surface area contributed by atoms with Crippen LogP contribution >= 0.6 is 0 Å². The summed E-state index contributed by atoms with van der Waals surface area (Å²) in [4.78, 5) is 9.22. The van der Waals surface area contributed by atoms with E-state index in [2.05, 4.69) is 34.3 Å². The maximum Gasteiger partial charge on any atom is 0.127 e. The molecule has 0 heterocycles. The van der Waals surface area contributed by atoms with E-state index in [4.69, 9.17) is 0 Å². The second-order valence-electron chi connectivity index (χ2n) is 9.62. The van der Waals surface area contributed by atoms with Gasteiger partial charge in [0.2, 0.25) is 0 Å². The largest absolute Gasteiger partial charge is 0.507 e. The van der Waals surface area contributed by atoms with Gasteiger partial charge in [0.15, 0.2) is 0 Å². The Balaban J connectivity index is 1.37. The second-order valence-corrected chi connectivity index (χ2v) is 9.62. The predicted molar refractivity (Wildman–Crippen MR) is 167 cm³/mol. The lowest BCUT2D eigenvalue weighted by molar-refractivity contribution is 0.467. The molecule has 5 aromatic carbocycles. The molecule has 0 unspecified atom stereocenters. The smallest absolute Gasteiger partial charge is 0.127 e. The highest BCUT2D eigenvalue weighted by molar-refractivity contribution is 5.90. The van der Waals surface area contributed by atoms with Gasteiger partial charge in [-0.25, -0.2) is 0 Å². The molecule has 0 spiro atoms. The minimum atomic E-state index is 0.260. The highest BCUT2D eigenvalue weighted by Gasteiger charge is 2.10. The lowest BCUT2D eigenvalue weighted by Crippen LogP contribution is -1.92. The maximum atomic E-state index is 10.8. The van der Waals surface area contributed by atoms with Crippen molar-refractivity contribution in [2.45, 2.75) is 26.7 Å². The van der Waals surface area contributed by atoms with Gasteiger partial charge in [0.1, 0.15) is 11.5 Å². The van der Waals surface area contributed by atoms with E-state index in [-0.39, 0.29) is 11.5 Å². The minimum absolute atomic E-state index is 0.260. The van der Waals surface area contributed by atoms with Crippen molar-refractivity contribution in [2.75, 3.05) is 0 Å². The van der Waals surface area contributed by atoms with E-state index in [1.807, 2.05) is 98.8 Å². The molecule has 0 aliphatic carbocycles. The molecule has 5 aromatic rings. The van der Waals surface area contributed by atoms with Crippen LogP contribution in [-0.2, 0) is 12.8 Å². The molecular weight excluding hydrogens is 492 g/mol. The van der Waals surface area contributed by atoms with E-state index >= 15 is 0 Å². The number of benzene rings is 5. The number of phenolic OH excluding ortho intramolecular Hbond substituents is 2. The fraction of sp³-hybridized carbons (Fsp3) is 0.111. The van der Waals surface area contributed by atoms with Crippen LogP contribution in [0, 0.1) is 0 Å². The van der Waals surface area contributed by atoms with Gasteiger partial charge in [-0.1, -0.05) is 74.5 Å². The Morgan fingerprint density at radius 2 is 0.875 bits per heavy atom. The number of aliphatic imine (C=N–C) groups is 2. The van der Waals surface area contributed by atoms with Gasteiger partial charge in [0.25, 0.3) is 0 Å². The summed E-state index contributed by atoms with van der Waals surface area (Å²) < 4.78 is 0. The van der Waals surface area contributed by atoms with Gasteiger partial charge in [-0.3, -0.25) is 9.98 Å². The molecule has 0 fully saturated rings. The molecule has 0 saturated carbocycles. The van der Waals surface area contributed by atoms with Gasteiger partial charge in [0.05, 0.1) is 11.4 Å². The van der Waals surface area contributed by atoms with Crippen molar-refractivity contribution in [1.82, 2.24) is 0 Å². The Morgan fingerprint density at radius 3 is 1.23 bits per heavy atom. The zero-order chi connectivity index (χ0) is 27.9. The van der Waals surface area contributed by atoms with Crippen LogP contribution in [0.15, 0.2) is 119 Å². The third-order valence-electron chi connectivity index (χ3n) is 6.97. The van der Waals surface area contributed by atoms with Crippen molar-refractivity contribution in [3.8, 4) is 33.8 Å². The highest BCUT2D eigenvalue weighted by Crippen LogP contribution is 2.32. The average Bonchev–Trinajstić information content (AvgIpc) is 3.01. The molecule has 0 saturated heterocycles. The quantitative estimate of drug-likeness (QED) is 0.199. The van der Waals surface area contributed by atoms with Crippen LogP contribution in [0.5, 0.6) is 11.5 Å². The molecule has 0 atom stereocenters. The molecule has 0 amide bonds. The number of phenols is 2. The Morgan fingerprint density at radius 1 is 0.500 bits per heavy atom. The molecule has 0 bridgehead atoms. The Hall–Kier alpha value is -4.96. The first kappa shape index (κ1) is 26.6. The number of nitrogens with zero attached hydrogens (tertiary/aromatic N) is 2. The van der Waals surface area contributed by atoms with E-state index < -0.39 is 0 Å². The summed E-state index contributed by atoms with van der Waals surface area (Å²) in [6.07, 6.45) is 4.87. The van der Waals surface area contributed by atoms with Crippen molar-refractivity contribution in [3.63, 3.8) is 0 Å². The summed E-state index contributed by atoms with van der Waals surface area (Å²) in [6.45, 7) is 4.06. The highest BCUT2D eigenvalue weighted by atomic mass is 16.3. The Bertz CT molecular complexity index is 1530. The van der Waals surface area contributed by atoms with E-state index in [1.54, 1.807) is 12.4 Å². The third kappa shape index (κ3) is 6.02. The normalized spacial score (nSPS) is 11.4. The monoisotopic (exact) mass is 524 g/mol. The average molecular weight is 525 g/mol. The molecule has 2 N–H and O–H groups in total. The molecule has 4 heteroatoms. The first-order valence-corrected chi connectivity index (χ1v) is 13.6. The molecule has 0 aromatic heterocycles. The standard InChI is InChI=1S/C36H32N2O2/c1-3-25-19-29(27-11-7-5-8-12-27)21-31(35(25)39)23-37-33-15-17-34(18-16-33)38-24-32-22-30(20-26(4-2)36(32)40)28-13-9-6-10-14-28/h5-24,39-40H,3-4H2,1-2H3. The molecule has 198 valence electrons. The fourth-order valence-corrected chi connectivity index (χ4v) is 4.68. The SMILES string of the molecule is CCc1cc(-c2ccccc2)cc(C=Nc2ccc(N=Cc3cc(-c4ccccc4)cc(CC)c3O)cc2)c1O. The van der Waals surface area contributed by atoms with Crippen molar-refractivity contribution >= 4 is 23.8 Å².